The second-order valence-electron chi connectivity index (χ2n) is 6.94. The number of nitrogens with one attached hydrogen (secondary N) is 1. The lowest BCUT2D eigenvalue weighted by molar-refractivity contribution is -0.144. The first-order valence-corrected chi connectivity index (χ1v) is 9.76. The number of unbranched alkanes of at least 4 members (excludes halogenated alkanes) is 2. The maximum absolute atomic E-state index is 12.2. The van der Waals surface area contributed by atoms with E-state index in [9.17, 15) is 9.59 Å². The summed E-state index contributed by atoms with van der Waals surface area (Å²) < 4.78 is 11.1. The van der Waals surface area contributed by atoms with Gasteiger partial charge in [0, 0.05) is 20.1 Å². The number of carbonyl (C=O) groups excluding carboxylic acids is 2. The minimum Gasteiger partial charge on any atom is -0.379 e. The molecular formula is C18H35NO4S. The summed E-state index contributed by atoms with van der Waals surface area (Å²) in [4.78, 5) is 23.6. The molecule has 0 aliphatic carbocycles. The Kier molecular flexibility index (Phi) is 11.6. The first-order chi connectivity index (χ1) is 11.1. The van der Waals surface area contributed by atoms with Gasteiger partial charge in [0.15, 0.2) is 5.12 Å². The predicted molar refractivity (Wildman–Crippen MR) is 100 cm³/mol. The Labute approximate surface area is 151 Å². The van der Waals surface area contributed by atoms with E-state index < -0.39 is 5.60 Å². The lowest BCUT2D eigenvalue weighted by Gasteiger charge is -2.28. The highest BCUT2D eigenvalue weighted by Gasteiger charge is 2.29. The van der Waals surface area contributed by atoms with Gasteiger partial charge in [-0.2, -0.15) is 0 Å². The molecule has 0 radical (unpaired) electrons. The Hall–Kier alpha value is -0.590. The zero-order valence-corrected chi connectivity index (χ0v) is 17.0. The van der Waals surface area contributed by atoms with E-state index in [0.717, 1.165) is 31.4 Å². The van der Waals surface area contributed by atoms with Crippen molar-refractivity contribution in [1.82, 2.24) is 5.32 Å². The van der Waals surface area contributed by atoms with Crippen LogP contribution >= 0.6 is 11.8 Å². The zero-order valence-electron chi connectivity index (χ0n) is 16.2. The maximum Gasteiger partial charge on any atom is 0.251 e. The minimum absolute atomic E-state index is 0.102. The van der Waals surface area contributed by atoms with Crippen molar-refractivity contribution in [3.05, 3.63) is 0 Å². The van der Waals surface area contributed by atoms with E-state index in [1.54, 1.807) is 21.0 Å². The molecule has 0 aliphatic heterocycles. The largest absolute Gasteiger partial charge is 0.379 e. The second-order valence-corrected chi connectivity index (χ2v) is 8.27. The van der Waals surface area contributed by atoms with E-state index in [1.807, 2.05) is 20.8 Å². The first-order valence-electron chi connectivity index (χ1n) is 8.77. The predicted octanol–water partition coefficient (Wildman–Crippen LogP) is 3.55. The summed E-state index contributed by atoms with van der Waals surface area (Å²) in [5, 5.41) is 3.17. The summed E-state index contributed by atoms with van der Waals surface area (Å²) in [6.45, 7) is 10.6. The summed E-state index contributed by atoms with van der Waals surface area (Å²) in [6, 6.07) is 0. The fourth-order valence-electron chi connectivity index (χ4n) is 1.94. The van der Waals surface area contributed by atoms with Crippen LogP contribution in [0.2, 0.25) is 0 Å². The molecule has 24 heavy (non-hydrogen) atoms. The molecule has 1 amide bonds. The van der Waals surface area contributed by atoms with E-state index >= 15 is 0 Å². The van der Waals surface area contributed by atoms with Crippen LogP contribution in [0.4, 0.5) is 0 Å². The SMILES string of the molecule is CCSC(=O)CCCCCNC(=O)C(C)(C)OCCC(C)(C)OC. The molecule has 0 aliphatic rings. The Bertz CT molecular complexity index is 383. The van der Waals surface area contributed by atoms with Crippen molar-refractivity contribution in [2.24, 2.45) is 0 Å². The average Bonchev–Trinajstić information content (AvgIpc) is 2.50. The molecule has 0 heterocycles. The molecule has 0 atom stereocenters. The molecule has 0 fully saturated rings. The van der Waals surface area contributed by atoms with Gasteiger partial charge in [-0.25, -0.2) is 0 Å². The number of hydrogen-bond donors (Lipinski definition) is 1. The Morgan fingerprint density at radius 2 is 1.75 bits per heavy atom. The molecule has 0 unspecified atom stereocenters. The van der Waals surface area contributed by atoms with Crippen LogP contribution < -0.4 is 5.32 Å². The van der Waals surface area contributed by atoms with Crippen molar-refractivity contribution in [3.8, 4) is 0 Å². The van der Waals surface area contributed by atoms with Gasteiger partial charge in [0.1, 0.15) is 5.60 Å². The molecule has 0 saturated carbocycles. The third-order valence-electron chi connectivity index (χ3n) is 3.91. The molecule has 5 nitrogen and oxygen atoms in total. The standard InChI is InChI=1S/C18H35NO4S/c1-7-24-15(20)11-9-8-10-13-19-16(21)18(4,5)23-14-12-17(2,3)22-6/h7-14H2,1-6H3,(H,19,21). The normalized spacial score (nSPS) is 12.2. The fourth-order valence-corrected chi connectivity index (χ4v) is 2.55. The van der Waals surface area contributed by atoms with Gasteiger partial charge in [-0.3, -0.25) is 9.59 Å². The quantitative estimate of drug-likeness (QED) is 0.508. The number of thioether (sulfide) groups is 1. The summed E-state index contributed by atoms with van der Waals surface area (Å²) >= 11 is 1.38. The Balaban J connectivity index is 3.86. The lowest BCUT2D eigenvalue weighted by atomic mass is 10.1. The Morgan fingerprint density at radius 3 is 2.33 bits per heavy atom. The summed E-state index contributed by atoms with van der Waals surface area (Å²) in [5.74, 6) is 0.737. The molecule has 0 aromatic heterocycles. The zero-order chi connectivity index (χ0) is 18.6. The highest BCUT2D eigenvalue weighted by atomic mass is 32.2. The molecule has 0 aromatic rings. The summed E-state index contributed by atoms with van der Waals surface area (Å²) in [7, 11) is 1.67. The van der Waals surface area contributed by atoms with Crippen LogP contribution in [-0.2, 0) is 19.1 Å². The number of methoxy groups -OCH3 is 1. The van der Waals surface area contributed by atoms with E-state index in [0.29, 0.717) is 19.6 Å². The highest BCUT2D eigenvalue weighted by Crippen LogP contribution is 2.16. The number of amides is 1. The van der Waals surface area contributed by atoms with Gasteiger partial charge in [-0.15, -0.1) is 0 Å². The van der Waals surface area contributed by atoms with Crippen LogP contribution in [0.1, 0.15) is 66.7 Å². The van der Waals surface area contributed by atoms with Gasteiger partial charge in [0.05, 0.1) is 12.2 Å². The molecule has 142 valence electrons. The monoisotopic (exact) mass is 361 g/mol. The van der Waals surface area contributed by atoms with Crippen molar-refractivity contribution in [2.75, 3.05) is 26.0 Å². The molecular weight excluding hydrogens is 326 g/mol. The fraction of sp³-hybridized carbons (Fsp3) is 0.889. The third-order valence-corrected chi connectivity index (χ3v) is 4.73. The number of ether oxygens (including phenoxy) is 2. The first kappa shape index (κ1) is 23.4. The van der Waals surface area contributed by atoms with Crippen molar-refractivity contribution in [2.45, 2.75) is 77.9 Å². The van der Waals surface area contributed by atoms with Gasteiger partial charge >= 0.3 is 0 Å². The molecule has 0 saturated heterocycles. The highest BCUT2D eigenvalue weighted by molar-refractivity contribution is 8.13. The van der Waals surface area contributed by atoms with Gasteiger partial charge in [-0.1, -0.05) is 25.1 Å². The topological polar surface area (TPSA) is 64.6 Å². The van der Waals surface area contributed by atoms with Crippen molar-refractivity contribution >= 4 is 22.8 Å². The molecule has 0 rings (SSSR count). The van der Waals surface area contributed by atoms with Crippen molar-refractivity contribution in [1.29, 1.82) is 0 Å². The van der Waals surface area contributed by atoms with Gasteiger partial charge < -0.3 is 14.8 Å². The van der Waals surface area contributed by atoms with E-state index in [4.69, 9.17) is 9.47 Å². The van der Waals surface area contributed by atoms with E-state index in [-0.39, 0.29) is 16.6 Å². The number of hydrogen-bond acceptors (Lipinski definition) is 5. The molecule has 0 spiro atoms. The van der Waals surface area contributed by atoms with Crippen LogP contribution in [0.25, 0.3) is 0 Å². The lowest BCUT2D eigenvalue weighted by Crippen LogP contribution is -2.45. The number of rotatable bonds is 13. The van der Waals surface area contributed by atoms with Crippen LogP contribution in [0.3, 0.4) is 0 Å². The molecule has 0 bridgehead atoms. The van der Waals surface area contributed by atoms with Crippen LogP contribution in [0.5, 0.6) is 0 Å². The van der Waals surface area contributed by atoms with Crippen LogP contribution in [-0.4, -0.2) is 48.2 Å². The van der Waals surface area contributed by atoms with E-state index in [2.05, 4.69) is 5.32 Å². The average molecular weight is 362 g/mol. The van der Waals surface area contributed by atoms with Crippen molar-refractivity contribution < 1.29 is 19.1 Å². The maximum atomic E-state index is 12.2. The summed E-state index contributed by atoms with van der Waals surface area (Å²) in [6.07, 6.45) is 4.05. The van der Waals surface area contributed by atoms with Gasteiger partial charge in [0.25, 0.3) is 5.91 Å². The summed E-state index contributed by atoms with van der Waals surface area (Å²) in [5.41, 5.74) is -1.10. The molecule has 6 heteroatoms. The molecule has 0 aromatic carbocycles. The minimum atomic E-state index is -0.850. The van der Waals surface area contributed by atoms with Crippen LogP contribution in [0, 0.1) is 0 Å². The van der Waals surface area contributed by atoms with Crippen LogP contribution in [0.15, 0.2) is 0 Å². The van der Waals surface area contributed by atoms with Gasteiger partial charge in [-0.05, 0) is 52.7 Å². The smallest absolute Gasteiger partial charge is 0.251 e. The number of carbonyl (C=O) groups is 2. The van der Waals surface area contributed by atoms with Gasteiger partial charge in [0.2, 0.25) is 0 Å². The third kappa shape index (κ3) is 11.0. The Morgan fingerprint density at radius 1 is 1.08 bits per heavy atom. The molecule has 1 N–H and O–H groups in total. The van der Waals surface area contributed by atoms with Crippen molar-refractivity contribution in [3.63, 3.8) is 0 Å². The van der Waals surface area contributed by atoms with E-state index in [1.165, 1.54) is 11.8 Å². The second kappa shape index (κ2) is 11.9.